The molecule has 1 aliphatic heterocycles. The van der Waals surface area contributed by atoms with Gasteiger partial charge < -0.3 is 5.73 Å². The molecule has 2 aromatic rings. The molecule has 4 rings (SSSR count). The first-order valence-electron chi connectivity index (χ1n) is 10.8. The number of allylic oxidation sites excluding steroid dienone is 3. The first-order chi connectivity index (χ1) is 15.5. The van der Waals surface area contributed by atoms with Crippen LogP contribution in [-0.4, -0.2) is 10.7 Å². The summed E-state index contributed by atoms with van der Waals surface area (Å²) in [6, 6.07) is 14.3. The summed E-state index contributed by atoms with van der Waals surface area (Å²) in [5.41, 5.74) is 11.2. The van der Waals surface area contributed by atoms with Gasteiger partial charge in [-0.25, -0.2) is 0 Å². The van der Waals surface area contributed by atoms with Crippen LogP contribution in [0.25, 0.3) is 0 Å². The number of benzene rings is 2. The van der Waals surface area contributed by atoms with Crippen LogP contribution in [0.1, 0.15) is 49.3 Å². The van der Waals surface area contributed by atoms with Crippen molar-refractivity contribution in [2.75, 3.05) is 4.90 Å². The van der Waals surface area contributed by atoms with E-state index in [0.29, 0.717) is 24.0 Å². The number of hydrogen-bond donors (Lipinski definition) is 1. The zero-order valence-corrected chi connectivity index (χ0v) is 19.2. The number of nitrogens with two attached hydrogens (primary N) is 1. The molecule has 7 heteroatoms. The number of rotatable bonds is 3. The minimum absolute atomic E-state index is 0.0631. The summed E-state index contributed by atoms with van der Waals surface area (Å²) >= 11 is 0. The highest BCUT2D eigenvalue weighted by Gasteiger charge is 2.44. The van der Waals surface area contributed by atoms with Crippen LogP contribution in [0.2, 0.25) is 0 Å². The molecule has 0 amide bonds. The van der Waals surface area contributed by atoms with Gasteiger partial charge in [0.15, 0.2) is 5.78 Å². The van der Waals surface area contributed by atoms with Gasteiger partial charge in [-0.2, -0.15) is 5.26 Å². The highest BCUT2D eigenvalue weighted by Crippen LogP contribution is 2.50. The van der Waals surface area contributed by atoms with Crippen LogP contribution in [0.4, 0.5) is 11.4 Å². The molecule has 0 radical (unpaired) electrons. The van der Waals surface area contributed by atoms with E-state index in [0.717, 1.165) is 22.5 Å². The Hall–Kier alpha value is -3.92. The molecule has 33 heavy (non-hydrogen) atoms. The molecule has 2 aromatic carbocycles. The third kappa shape index (κ3) is 3.78. The van der Waals surface area contributed by atoms with Gasteiger partial charge >= 0.3 is 0 Å². The number of nitro groups is 1. The van der Waals surface area contributed by atoms with Gasteiger partial charge in [-0.1, -0.05) is 32.0 Å². The van der Waals surface area contributed by atoms with Crippen LogP contribution in [-0.2, 0) is 4.79 Å². The van der Waals surface area contributed by atoms with Gasteiger partial charge in [0.25, 0.3) is 5.69 Å². The average Bonchev–Trinajstić information content (AvgIpc) is 2.74. The van der Waals surface area contributed by atoms with Crippen LogP contribution in [0.15, 0.2) is 65.1 Å². The lowest BCUT2D eigenvalue weighted by Crippen LogP contribution is -2.42. The molecular formula is C26H26N4O3. The number of nitrogens with zero attached hydrogens (tertiary/aromatic N) is 3. The minimum atomic E-state index is -0.740. The molecule has 1 aliphatic carbocycles. The smallest absolute Gasteiger partial charge is 0.269 e. The Kier molecular flexibility index (Phi) is 5.33. The number of ketones is 1. The summed E-state index contributed by atoms with van der Waals surface area (Å²) in [4.78, 5) is 26.3. The Morgan fingerprint density at radius 2 is 1.88 bits per heavy atom. The van der Waals surface area contributed by atoms with E-state index in [1.165, 1.54) is 12.1 Å². The number of carbonyl (C=O) groups is 1. The monoisotopic (exact) mass is 442 g/mol. The normalized spacial score (nSPS) is 19.9. The molecule has 0 saturated heterocycles. The SMILES string of the molecule is Cc1ccc(N2C(N)=C(C#N)[C@@H](c3cccc([N+](=O)[O-])c3)C3=C2CC(C)(C)CC3=O)cc1C. The quantitative estimate of drug-likeness (QED) is 0.519. The summed E-state index contributed by atoms with van der Waals surface area (Å²) < 4.78 is 0. The van der Waals surface area contributed by atoms with Crippen molar-refractivity contribution in [2.45, 2.75) is 46.5 Å². The zero-order valence-electron chi connectivity index (χ0n) is 19.2. The lowest BCUT2D eigenvalue weighted by atomic mass is 9.68. The Bertz CT molecular complexity index is 1300. The minimum Gasteiger partial charge on any atom is -0.384 e. The van der Waals surface area contributed by atoms with Crippen molar-refractivity contribution >= 4 is 17.2 Å². The first-order valence-corrected chi connectivity index (χ1v) is 10.8. The molecule has 2 N–H and O–H groups in total. The summed E-state index contributed by atoms with van der Waals surface area (Å²) in [6.07, 6.45) is 0.919. The molecule has 1 heterocycles. The Labute approximate surface area is 193 Å². The number of anilines is 1. The molecule has 0 spiro atoms. The second-order valence-electron chi connectivity index (χ2n) is 9.60. The third-order valence-electron chi connectivity index (χ3n) is 6.54. The van der Waals surface area contributed by atoms with Crippen LogP contribution in [0, 0.1) is 40.7 Å². The van der Waals surface area contributed by atoms with Gasteiger partial charge in [0.05, 0.1) is 22.5 Å². The maximum absolute atomic E-state index is 13.5. The van der Waals surface area contributed by atoms with Crippen molar-refractivity contribution in [1.29, 1.82) is 5.26 Å². The maximum Gasteiger partial charge on any atom is 0.269 e. The van der Waals surface area contributed by atoms with Crippen molar-refractivity contribution in [1.82, 2.24) is 0 Å². The number of carbonyl (C=O) groups excluding carboxylic acids is 1. The Morgan fingerprint density at radius 3 is 2.52 bits per heavy atom. The number of Topliss-reactive ketones (excluding diaryl/α,β-unsaturated/α-hetero) is 1. The molecule has 7 nitrogen and oxygen atoms in total. The van der Waals surface area contributed by atoms with Crippen molar-refractivity contribution in [3.8, 4) is 6.07 Å². The van der Waals surface area contributed by atoms with Crippen LogP contribution < -0.4 is 10.6 Å². The topological polar surface area (TPSA) is 113 Å². The van der Waals surface area contributed by atoms with E-state index in [-0.39, 0.29) is 28.3 Å². The van der Waals surface area contributed by atoms with Gasteiger partial charge in [-0.15, -0.1) is 0 Å². The first kappa shape index (κ1) is 22.3. The number of hydrogen-bond acceptors (Lipinski definition) is 6. The van der Waals surface area contributed by atoms with Crippen molar-refractivity contribution < 1.29 is 9.72 Å². The summed E-state index contributed by atoms with van der Waals surface area (Å²) in [7, 11) is 0. The third-order valence-corrected chi connectivity index (χ3v) is 6.54. The number of non-ortho nitro benzene ring substituents is 1. The van der Waals surface area contributed by atoms with Crippen LogP contribution in [0.5, 0.6) is 0 Å². The molecule has 168 valence electrons. The van der Waals surface area contributed by atoms with Crippen molar-refractivity contribution in [2.24, 2.45) is 11.1 Å². The lowest BCUT2D eigenvalue weighted by molar-refractivity contribution is -0.384. The van der Waals surface area contributed by atoms with E-state index in [1.807, 2.05) is 50.8 Å². The highest BCUT2D eigenvalue weighted by molar-refractivity contribution is 6.01. The standard InChI is InChI=1S/C26H26N4O3/c1-15-8-9-18(10-16(15)2)29-21-12-26(3,4)13-22(31)24(21)23(20(14-27)25(29)28)17-6-5-7-19(11-17)30(32)33/h5-11,23H,12-13,28H2,1-4H3/t23-/m1/s1. The molecule has 0 aromatic heterocycles. The molecule has 2 aliphatic rings. The largest absolute Gasteiger partial charge is 0.384 e. The Morgan fingerprint density at radius 1 is 1.15 bits per heavy atom. The van der Waals surface area contributed by atoms with Gasteiger partial charge in [0, 0.05) is 35.5 Å². The molecule has 0 fully saturated rings. The predicted octanol–water partition coefficient (Wildman–Crippen LogP) is 5.15. The average molecular weight is 443 g/mol. The second-order valence-corrected chi connectivity index (χ2v) is 9.60. The summed E-state index contributed by atoms with van der Waals surface area (Å²) in [5, 5.41) is 21.5. The predicted molar refractivity (Wildman–Crippen MR) is 126 cm³/mol. The van der Waals surface area contributed by atoms with E-state index in [1.54, 1.807) is 12.1 Å². The van der Waals surface area contributed by atoms with Gasteiger partial charge in [-0.05, 0) is 54.5 Å². The molecular weight excluding hydrogens is 416 g/mol. The zero-order chi connectivity index (χ0) is 24.1. The van der Waals surface area contributed by atoms with Gasteiger partial charge in [0.2, 0.25) is 0 Å². The molecule has 1 atom stereocenters. The van der Waals surface area contributed by atoms with E-state index in [4.69, 9.17) is 5.73 Å². The van der Waals surface area contributed by atoms with Crippen LogP contribution >= 0.6 is 0 Å². The fraction of sp³-hybridized carbons (Fsp3) is 0.308. The molecule has 0 saturated carbocycles. The van der Waals surface area contributed by atoms with Gasteiger partial charge in [0.1, 0.15) is 5.82 Å². The van der Waals surface area contributed by atoms with E-state index < -0.39 is 10.8 Å². The van der Waals surface area contributed by atoms with Crippen molar-refractivity contribution in [3.05, 3.63) is 91.9 Å². The molecule has 0 bridgehead atoms. The van der Waals surface area contributed by atoms with Crippen molar-refractivity contribution in [3.63, 3.8) is 0 Å². The number of aryl methyl sites for hydroxylation is 2. The lowest BCUT2D eigenvalue weighted by Gasteiger charge is -2.43. The maximum atomic E-state index is 13.5. The van der Waals surface area contributed by atoms with Crippen LogP contribution in [0.3, 0.4) is 0 Å². The number of nitro benzene ring substituents is 1. The van der Waals surface area contributed by atoms with E-state index in [2.05, 4.69) is 6.07 Å². The summed E-state index contributed by atoms with van der Waals surface area (Å²) in [5.74, 6) is -0.551. The summed E-state index contributed by atoms with van der Waals surface area (Å²) in [6.45, 7) is 8.10. The van der Waals surface area contributed by atoms with E-state index >= 15 is 0 Å². The second kappa shape index (κ2) is 7.89. The molecule has 0 unspecified atom stereocenters. The number of nitriles is 1. The highest BCUT2D eigenvalue weighted by atomic mass is 16.6. The Balaban J connectivity index is 2.01. The fourth-order valence-corrected chi connectivity index (χ4v) is 4.82. The van der Waals surface area contributed by atoms with E-state index in [9.17, 15) is 20.2 Å². The van der Waals surface area contributed by atoms with Gasteiger partial charge in [-0.3, -0.25) is 19.8 Å². The fourth-order valence-electron chi connectivity index (χ4n) is 4.82.